The van der Waals surface area contributed by atoms with Crippen LogP contribution >= 0.6 is 39.4 Å². The van der Waals surface area contributed by atoms with Crippen LogP contribution in [0.15, 0.2) is 27.7 Å². The van der Waals surface area contributed by atoms with Crippen molar-refractivity contribution in [1.82, 2.24) is 14.1 Å². The number of nitrogens with one attached hydrogen (secondary N) is 2. The Balaban J connectivity index is 1.98. The van der Waals surface area contributed by atoms with Crippen molar-refractivity contribution in [1.29, 1.82) is 0 Å². The number of anilines is 1. The Bertz CT molecular complexity index is 728. The Hall–Kier alpha value is -1.72. The van der Waals surface area contributed by atoms with Crippen LogP contribution in [0.4, 0.5) is 14.9 Å². The zero-order valence-electron chi connectivity index (χ0n) is 11.4. The van der Waals surface area contributed by atoms with Crippen LogP contribution in [-0.2, 0) is 0 Å². The maximum absolute atomic E-state index is 13.2. The molecule has 0 radical (unpaired) electrons. The third-order valence-corrected chi connectivity index (χ3v) is 4.69. The van der Waals surface area contributed by atoms with Crippen LogP contribution in [0.5, 0.6) is 0 Å². The molecule has 0 unspecified atom stereocenters. The first-order valence-electron chi connectivity index (χ1n) is 6.16. The zero-order valence-corrected chi connectivity index (χ0v) is 14.6. The lowest BCUT2D eigenvalue weighted by Gasteiger charge is -2.05. The maximum Gasteiger partial charge on any atom is 0.404 e. The van der Waals surface area contributed by atoms with Gasteiger partial charge in [0.05, 0.1) is 16.2 Å². The van der Waals surface area contributed by atoms with E-state index in [2.05, 4.69) is 35.3 Å². The van der Waals surface area contributed by atoms with Gasteiger partial charge in [0.15, 0.2) is 5.69 Å². The highest BCUT2D eigenvalue weighted by atomic mass is 79.9. The fraction of sp³-hybridized carbons (Fsp3) is 0.167. The molecule has 0 aliphatic heterocycles. The van der Waals surface area contributed by atoms with Crippen LogP contribution in [0.25, 0.3) is 0 Å². The lowest BCUT2D eigenvalue weighted by atomic mass is 10.3. The van der Waals surface area contributed by atoms with Crippen LogP contribution in [0.2, 0.25) is 0 Å². The molecule has 0 atom stereocenters. The Morgan fingerprint density at radius 2 is 2.17 bits per heavy atom. The molecule has 0 aliphatic carbocycles. The Morgan fingerprint density at radius 1 is 1.39 bits per heavy atom. The van der Waals surface area contributed by atoms with Crippen molar-refractivity contribution in [2.75, 3.05) is 17.6 Å². The summed E-state index contributed by atoms with van der Waals surface area (Å²) < 4.78 is 21.4. The van der Waals surface area contributed by atoms with Crippen LogP contribution in [0.1, 0.15) is 10.5 Å². The summed E-state index contributed by atoms with van der Waals surface area (Å²) in [5.74, 6) is -0.480. The maximum atomic E-state index is 13.2. The van der Waals surface area contributed by atoms with E-state index in [1.807, 2.05) is 0 Å². The number of amides is 2. The van der Waals surface area contributed by atoms with Gasteiger partial charge in [-0.05, 0) is 34.1 Å². The van der Waals surface area contributed by atoms with Gasteiger partial charge in [0.25, 0.3) is 5.91 Å². The lowest BCUT2D eigenvalue weighted by molar-refractivity contribution is 0.102. The van der Waals surface area contributed by atoms with Crippen LogP contribution in [0.3, 0.4) is 0 Å². The molecule has 0 saturated heterocycles. The Labute approximate surface area is 147 Å². The van der Waals surface area contributed by atoms with Gasteiger partial charge in [-0.3, -0.25) is 4.79 Å². The minimum atomic E-state index is -1.11. The predicted octanol–water partition coefficient (Wildman–Crippen LogP) is 3.05. The van der Waals surface area contributed by atoms with Crippen molar-refractivity contribution < 1.29 is 19.1 Å². The van der Waals surface area contributed by atoms with E-state index in [4.69, 9.17) is 5.11 Å². The van der Waals surface area contributed by atoms with Gasteiger partial charge in [-0.15, -0.1) is 11.8 Å². The zero-order chi connectivity index (χ0) is 16.8. The molecule has 0 saturated carbocycles. The molecule has 11 heteroatoms. The fourth-order valence-electron chi connectivity index (χ4n) is 1.48. The minimum Gasteiger partial charge on any atom is -0.465 e. The molecule has 1 aromatic carbocycles. The summed E-state index contributed by atoms with van der Waals surface area (Å²) in [5.41, 5.74) is 0.565. The van der Waals surface area contributed by atoms with Gasteiger partial charge in [0.1, 0.15) is 10.8 Å². The highest BCUT2D eigenvalue weighted by Gasteiger charge is 2.17. The molecule has 7 nitrogen and oxygen atoms in total. The summed E-state index contributed by atoms with van der Waals surface area (Å²) in [4.78, 5) is 22.5. The van der Waals surface area contributed by atoms with Crippen LogP contribution < -0.4 is 10.6 Å². The van der Waals surface area contributed by atoms with E-state index < -0.39 is 17.8 Å². The van der Waals surface area contributed by atoms with Crippen LogP contribution in [-0.4, -0.2) is 38.2 Å². The second kappa shape index (κ2) is 8.22. The quantitative estimate of drug-likeness (QED) is 0.489. The number of rotatable bonds is 6. The molecule has 0 spiro atoms. The molecule has 3 N–H and O–H groups in total. The molecule has 1 heterocycles. The standard InChI is InChI=1S/C12H10BrFN4O3S2/c13-7-5-6(1-2-8(7)14)16-10(19)9-11(18-23-17-9)22-4-3-15-12(20)21/h1-2,5,15H,3-4H2,(H,16,19)(H,20,21). The first kappa shape index (κ1) is 17.6. The average molecular weight is 421 g/mol. The number of nitrogens with zero attached hydrogens (tertiary/aromatic N) is 2. The summed E-state index contributed by atoms with van der Waals surface area (Å²) in [5, 5.41) is 13.7. The fourth-order valence-corrected chi connectivity index (χ4v) is 3.36. The summed E-state index contributed by atoms with van der Waals surface area (Å²) in [6.07, 6.45) is -1.11. The molecule has 2 amide bonds. The van der Waals surface area contributed by atoms with Crippen molar-refractivity contribution in [2.24, 2.45) is 0 Å². The van der Waals surface area contributed by atoms with Gasteiger partial charge in [-0.25, -0.2) is 9.18 Å². The molecule has 0 aliphatic rings. The second-order valence-electron chi connectivity index (χ2n) is 4.08. The molecular formula is C12H10BrFN4O3S2. The summed E-state index contributed by atoms with van der Waals surface area (Å²) in [6.45, 7) is 0.226. The SMILES string of the molecule is O=C(O)NCCSc1nsnc1C(=O)Nc1ccc(F)c(Br)c1. The number of halogens is 2. The number of carboxylic acid groups (broad SMARTS) is 1. The van der Waals surface area contributed by atoms with Crippen molar-refractivity contribution in [3.63, 3.8) is 0 Å². The van der Waals surface area contributed by atoms with Gasteiger partial charge in [-0.2, -0.15) is 8.75 Å². The number of benzene rings is 1. The van der Waals surface area contributed by atoms with E-state index in [1.165, 1.54) is 30.0 Å². The number of aromatic nitrogens is 2. The number of thioether (sulfide) groups is 1. The molecule has 2 aromatic rings. The highest BCUT2D eigenvalue weighted by Crippen LogP contribution is 2.23. The monoisotopic (exact) mass is 420 g/mol. The van der Waals surface area contributed by atoms with E-state index in [1.54, 1.807) is 0 Å². The molecule has 0 bridgehead atoms. The first-order chi connectivity index (χ1) is 11.0. The van der Waals surface area contributed by atoms with E-state index in [-0.39, 0.29) is 16.7 Å². The van der Waals surface area contributed by atoms with E-state index in [0.29, 0.717) is 16.5 Å². The smallest absolute Gasteiger partial charge is 0.404 e. The van der Waals surface area contributed by atoms with E-state index >= 15 is 0 Å². The normalized spacial score (nSPS) is 10.3. The highest BCUT2D eigenvalue weighted by molar-refractivity contribution is 9.10. The topological polar surface area (TPSA) is 104 Å². The Kier molecular flexibility index (Phi) is 6.30. The Morgan fingerprint density at radius 3 is 2.87 bits per heavy atom. The lowest BCUT2D eigenvalue weighted by Crippen LogP contribution is -2.23. The van der Waals surface area contributed by atoms with Gasteiger partial charge < -0.3 is 15.7 Å². The molecule has 1 aromatic heterocycles. The molecule has 23 heavy (non-hydrogen) atoms. The van der Waals surface area contributed by atoms with Gasteiger partial charge in [0, 0.05) is 18.0 Å². The third-order valence-electron chi connectivity index (χ3n) is 2.47. The predicted molar refractivity (Wildman–Crippen MR) is 88.7 cm³/mol. The molecule has 2 rings (SSSR count). The molecule has 0 fully saturated rings. The van der Waals surface area contributed by atoms with Crippen molar-refractivity contribution >= 4 is 57.1 Å². The third kappa shape index (κ3) is 5.15. The number of hydrogen-bond acceptors (Lipinski definition) is 6. The van der Waals surface area contributed by atoms with Gasteiger partial charge in [0.2, 0.25) is 0 Å². The molecular weight excluding hydrogens is 411 g/mol. The van der Waals surface area contributed by atoms with Crippen LogP contribution in [0, 0.1) is 5.82 Å². The number of carbonyl (C=O) groups is 2. The van der Waals surface area contributed by atoms with E-state index in [0.717, 1.165) is 11.7 Å². The van der Waals surface area contributed by atoms with Gasteiger partial charge >= 0.3 is 6.09 Å². The first-order valence-corrected chi connectivity index (χ1v) is 8.67. The number of carbonyl (C=O) groups excluding carboxylic acids is 1. The minimum absolute atomic E-state index is 0.149. The summed E-state index contributed by atoms with van der Waals surface area (Å²) in [6, 6.07) is 4.10. The average Bonchev–Trinajstić information content (AvgIpc) is 2.96. The number of hydrogen-bond donors (Lipinski definition) is 3. The largest absolute Gasteiger partial charge is 0.465 e. The molecule has 122 valence electrons. The van der Waals surface area contributed by atoms with E-state index in [9.17, 15) is 14.0 Å². The summed E-state index contributed by atoms with van der Waals surface area (Å²) in [7, 11) is 0. The van der Waals surface area contributed by atoms with Crippen molar-refractivity contribution in [3.05, 3.63) is 34.2 Å². The van der Waals surface area contributed by atoms with Crippen molar-refractivity contribution in [2.45, 2.75) is 5.03 Å². The summed E-state index contributed by atoms with van der Waals surface area (Å²) >= 11 is 5.15. The van der Waals surface area contributed by atoms with Gasteiger partial charge in [-0.1, -0.05) is 0 Å². The van der Waals surface area contributed by atoms with Crippen molar-refractivity contribution in [3.8, 4) is 0 Å². The second-order valence-corrected chi connectivity index (χ2v) is 6.55.